The van der Waals surface area contributed by atoms with E-state index in [1.807, 2.05) is 18.2 Å². The van der Waals surface area contributed by atoms with Crippen molar-refractivity contribution in [2.75, 3.05) is 0 Å². The van der Waals surface area contributed by atoms with Gasteiger partial charge in [-0.15, -0.1) is 12.6 Å². The molecule has 4 bridgehead atoms. The Morgan fingerprint density at radius 3 is 2.24 bits per heavy atom. The SMILES string of the molecule is O=C(NC12CC3CC(CC(C3)C1)C2)c1ccc(Br)cc1S. The molecule has 1 aromatic rings. The molecule has 4 fully saturated rings. The third-order valence-electron chi connectivity index (χ3n) is 5.62. The molecular formula is C17H20BrNOS. The zero-order valence-electron chi connectivity index (χ0n) is 11.9. The van der Waals surface area contributed by atoms with E-state index in [9.17, 15) is 4.79 Å². The van der Waals surface area contributed by atoms with Crippen LogP contribution in [0, 0.1) is 17.8 Å². The Morgan fingerprint density at radius 2 is 1.71 bits per heavy atom. The molecule has 4 aliphatic carbocycles. The number of rotatable bonds is 2. The summed E-state index contributed by atoms with van der Waals surface area (Å²) in [6.45, 7) is 0. The maximum absolute atomic E-state index is 12.7. The summed E-state index contributed by atoms with van der Waals surface area (Å²) < 4.78 is 0.957. The lowest BCUT2D eigenvalue weighted by molar-refractivity contribution is -0.0167. The van der Waals surface area contributed by atoms with Crippen LogP contribution in [0.1, 0.15) is 48.9 Å². The second-order valence-corrected chi connectivity index (χ2v) is 8.71. The molecule has 112 valence electrons. The van der Waals surface area contributed by atoms with Gasteiger partial charge in [0.25, 0.3) is 5.91 Å². The lowest BCUT2D eigenvalue weighted by Gasteiger charge is -2.56. The van der Waals surface area contributed by atoms with E-state index in [0.717, 1.165) is 27.1 Å². The summed E-state index contributed by atoms with van der Waals surface area (Å²) in [6, 6.07) is 5.66. The fourth-order valence-corrected chi connectivity index (χ4v) is 6.12. The van der Waals surface area contributed by atoms with Gasteiger partial charge in [0.05, 0.1) is 5.56 Å². The highest BCUT2D eigenvalue weighted by Crippen LogP contribution is 2.55. The summed E-state index contributed by atoms with van der Waals surface area (Å²) in [5.74, 6) is 2.58. The van der Waals surface area contributed by atoms with Crippen molar-refractivity contribution in [3.8, 4) is 0 Å². The monoisotopic (exact) mass is 365 g/mol. The third-order valence-corrected chi connectivity index (χ3v) is 6.48. The van der Waals surface area contributed by atoms with Crippen molar-refractivity contribution in [3.63, 3.8) is 0 Å². The first-order valence-electron chi connectivity index (χ1n) is 7.84. The molecule has 0 aliphatic heterocycles. The van der Waals surface area contributed by atoms with Crippen LogP contribution in [0.5, 0.6) is 0 Å². The first-order valence-corrected chi connectivity index (χ1v) is 9.08. The van der Waals surface area contributed by atoms with E-state index in [-0.39, 0.29) is 11.4 Å². The molecule has 0 aromatic heterocycles. The van der Waals surface area contributed by atoms with E-state index < -0.39 is 0 Å². The number of benzene rings is 1. The molecule has 1 amide bonds. The molecule has 1 N–H and O–H groups in total. The Balaban J connectivity index is 1.57. The molecule has 21 heavy (non-hydrogen) atoms. The lowest BCUT2D eigenvalue weighted by Crippen LogP contribution is -2.59. The van der Waals surface area contributed by atoms with Gasteiger partial charge < -0.3 is 5.32 Å². The van der Waals surface area contributed by atoms with Crippen LogP contribution in [0.25, 0.3) is 0 Å². The van der Waals surface area contributed by atoms with E-state index in [1.54, 1.807) is 0 Å². The number of nitrogens with one attached hydrogen (secondary N) is 1. The number of hydrogen-bond acceptors (Lipinski definition) is 2. The van der Waals surface area contributed by atoms with Crippen LogP contribution in [0.4, 0.5) is 0 Å². The first kappa shape index (κ1) is 14.1. The van der Waals surface area contributed by atoms with Crippen LogP contribution in [-0.2, 0) is 0 Å². The van der Waals surface area contributed by atoms with Gasteiger partial charge in [-0.25, -0.2) is 0 Å². The molecule has 2 nitrogen and oxygen atoms in total. The number of carbonyl (C=O) groups excluding carboxylic acids is 1. The van der Waals surface area contributed by atoms with Gasteiger partial charge in [-0.1, -0.05) is 15.9 Å². The van der Waals surface area contributed by atoms with Crippen molar-refractivity contribution in [1.29, 1.82) is 0 Å². The van der Waals surface area contributed by atoms with E-state index in [4.69, 9.17) is 0 Å². The minimum atomic E-state index is 0.0504. The zero-order valence-corrected chi connectivity index (χ0v) is 14.4. The summed E-state index contributed by atoms with van der Waals surface area (Å²) in [5, 5.41) is 3.40. The number of halogens is 1. The molecule has 4 saturated carbocycles. The fourth-order valence-electron chi connectivity index (χ4n) is 5.27. The summed E-state index contributed by atoms with van der Waals surface area (Å²) in [4.78, 5) is 13.4. The smallest absolute Gasteiger partial charge is 0.252 e. The van der Waals surface area contributed by atoms with Gasteiger partial charge in [-0.3, -0.25) is 4.79 Å². The van der Waals surface area contributed by atoms with E-state index in [0.29, 0.717) is 5.56 Å². The maximum atomic E-state index is 12.7. The number of amides is 1. The highest BCUT2D eigenvalue weighted by Gasteiger charge is 2.51. The summed E-state index contributed by atoms with van der Waals surface area (Å²) in [6.07, 6.45) is 7.73. The number of carbonyl (C=O) groups is 1. The Morgan fingerprint density at radius 1 is 1.14 bits per heavy atom. The van der Waals surface area contributed by atoms with E-state index in [2.05, 4.69) is 33.9 Å². The molecule has 5 rings (SSSR count). The van der Waals surface area contributed by atoms with Gasteiger partial charge >= 0.3 is 0 Å². The van der Waals surface area contributed by atoms with Crippen LogP contribution in [-0.4, -0.2) is 11.4 Å². The topological polar surface area (TPSA) is 29.1 Å². The average Bonchev–Trinajstić information content (AvgIpc) is 2.35. The normalized spacial score (nSPS) is 36.8. The van der Waals surface area contributed by atoms with Crippen molar-refractivity contribution in [3.05, 3.63) is 28.2 Å². The Bertz CT molecular complexity index is 565. The Kier molecular flexibility index (Phi) is 3.38. The van der Waals surface area contributed by atoms with Crippen LogP contribution in [0.15, 0.2) is 27.6 Å². The van der Waals surface area contributed by atoms with Crippen LogP contribution in [0.3, 0.4) is 0 Å². The second kappa shape index (κ2) is 5.02. The van der Waals surface area contributed by atoms with Crippen molar-refractivity contribution in [1.82, 2.24) is 5.32 Å². The largest absolute Gasteiger partial charge is 0.347 e. The predicted octanol–water partition coefficient (Wildman–Crippen LogP) is 4.44. The number of thiol groups is 1. The molecule has 0 unspecified atom stereocenters. The average molecular weight is 366 g/mol. The summed E-state index contributed by atoms with van der Waals surface area (Å²) in [5.41, 5.74) is 0.761. The van der Waals surface area contributed by atoms with E-state index in [1.165, 1.54) is 38.5 Å². The minimum absolute atomic E-state index is 0.0504. The quantitative estimate of drug-likeness (QED) is 0.745. The fraction of sp³-hybridized carbons (Fsp3) is 0.588. The summed E-state index contributed by atoms with van der Waals surface area (Å²) >= 11 is 7.87. The summed E-state index contributed by atoms with van der Waals surface area (Å²) in [7, 11) is 0. The minimum Gasteiger partial charge on any atom is -0.347 e. The van der Waals surface area contributed by atoms with Gasteiger partial charge in [0.1, 0.15) is 0 Å². The standard InChI is InChI=1S/C17H20BrNOS/c18-13-1-2-14(15(21)6-13)16(20)19-17-7-10-3-11(8-17)5-12(4-10)9-17/h1-2,6,10-12,21H,3-5,7-9H2,(H,19,20). The third kappa shape index (κ3) is 2.55. The molecular weight excluding hydrogens is 346 g/mol. The van der Waals surface area contributed by atoms with Gasteiger partial charge in [-0.2, -0.15) is 0 Å². The number of hydrogen-bond donors (Lipinski definition) is 2. The van der Waals surface area contributed by atoms with Crippen LogP contribution in [0.2, 0.25) is 0 Å². The molecule has 0 heterocycles. The van der Waals surface area contributed by atoms with Gasteiger partial charge in [0, 0.05) is 14.9 Å². The van der Waals surface area contributed by atoms with E-state index >= 15 is 0 Å². The Labute approximate surface area is 139 Å². The van der Waals surface area contributed by atoms with Crippen LogP contribution >= 0.6 is 28.6 Å². The molecule has 0 radical (unpaired) electrons. The maximum Gasteiger partial charge on any atom is 0.252 e. The second-order valence-electron chi connectivity index (χ2n) is 7.31. The Hall–Kier alpha value is -0.480. The molecule has 4 aliphatic rings. The lowest BCUT2D eigenvalue weighted by atomic mass is 9.53. The van der Waals surface area contributed by atoms with Crippen molar-refractivity contribution in [2.24, 2.45) is 17.8 Å². The van der Waals surface area contributed by atoms with Gasteiger partial charge in [0.2, 0.25) is 0 Å². The van der Waals surface area contributed by atoms with Crippen LogP contribution < -0.4 is 5.32 Å². The van der Waals surface area contributed by atoms with Gasteiger partial charge in [-0.05, 0) is 74.5 Å². The zero-order chi connectivity index (χ0) is 14.6. The first-order chi connectivity index (χ1) is 10.0. The molecule has 0 saturated heterocycles. The molecule has 1 aromatic carbocycles. The highest BCUT2D eigenvalue weighted by molar-refractivity contribution is 9.10. The molecule has 0 atom stereocenters. The molecule has 0 spiro atoms. The molecule has 4 heteroatoms. The highest BCUT2D eigenvalue weighted by atomic mass is 79.9. The van der Waals surface area contributed by atoms with Crippen molar-refractivity contribution >= 4 is 34.5 Å². The van der Waals surface area contributed by atoms with Crippen molar-refractivity contribution in [2.45, 2.75) is 49.0 Å². The van der Waals surface area contributed by atoms with Gasteiger partial charge in [0.15, 0.2) is 0 Å². The van der Waals surface area contributed by atoms with Crippen molar-refractivity contribution < 1.29 is 4.79 Å². The predicted molar refractivity (Wildman–Crippen MR) is 89.8 cm³/mol.